The zero-order valence-electron chi connectivity index (χ0n) is 5.76. The van der Waals surface area contributed by atoms with E-state index in [1.165, 1.54) is 0 Å². The van der Waals surface area contributed by atoms with Crippen LogP contribution >= 0.6 is 11.6 Å². The van der Waals surface area contributed by atoms with E-state index < -0.39 is 6.43 Å². The molecule has 0 saturated carbocycles. The van der Waals surface area contributed by atoms with Crippen molar-refractivity contribution in [1.29, 1.82) is 5.26 Å². The molecule has 2 nitrogen and oxygen atoms in total. The van der Waals surface area contributed by atoms with Crippen LogP contribution in [0, 0.1) is 11.3 Å². The van der Waals surface area contributed by atoms with E-state index in [1.807, 2.05) is 0 Å². The van der Waals surface area contributed by atoms with Crippen LogP contribution in [0.25, 0.3) is 0 Å². The van der Waals surface area contributed by atoms with Gasteiger partial charge in [-0.25, -0.2) is 13.8 Å². The lowest BCUT2D eigenvalue weighted by Gasteiger charge is -2.01. The Kier molecular flexibility index (Phi) is 2.56. The van der Waals surface area contributed by atoms with Crippen LogP contribution in [0.1, 0.15) is 17.6 Å². The van der Waals surface area contributed by atoms with E-state index >= 15 is 0 Å². The summed E-state index contributed by atoms with van der Waals surface area (Å²) < 4.78 is 24.3. The van der Waals surface area contributed by atoms with Crippen molar-refractivity contribution in [3.8, 4) is 6.07 Å². The van der Waals surface area contributed by atoms with E-state index in [2.05, 4.69) is 4.98 Å². The van der Waals surface area contributed by atoms with Gasteiger partial charge >= 0.3 is 0 Å². The predicted octanol–water partition coefficient (Wildman–Crippen LogP) is 2.54. The highest BCUT2D eigenvalue weighted by Crippen LogP contribution is 2.25. The molecular formula is C7H3ClF2N2. The Bertz CT molecular complexity index is 333. The first-order chi connectivity index (χ1) is 5.66. The maximum absolute atomic E-state index is 12.2. The maximum atomic E-state index is 12.2. The molecule has 0 amide bonds. The van der Waals surface area contributed by atoms with Crippen molar-refractivity contribution in [2.75, 3.05) is 0 Å². The summed E-state index contributed by atoms with van der Waals surface area (Å²) in [5.41, 5.74) is -0.633. The average molecular weight is 189 g/mol. The Balaban J connectivity index is 3.30. The van der Waals surface area contributed by atoms with Crippen molar-refractivity contribution >= 4 is 11.6 Å². The zero-order valence-corrected chi connectivity index (χ0v) is 6.52. The minimum absolute atomic E-state index is 0.185. The summed E-state index contributed by atoms with van der Waals surface area (Å²) in [6.07, 6.45) is -1.55. The molecule has 62 valence electrons. The summed E-state index contributed by atoms with van der Waals surface area (Å²) in [7, 11) is 0. The summed E-state index contributed by atoms with van der Waals surface area (Å²) in [6.45, 7) is 0. The average Bonchev–Trinajstić information content (AvgIpc) is 2.03. The minimum atomic E-state index is -2.69. The zero-order chi connectivity index (χ0) is 9.14. The molecule has 0 bridgehead atoms. The van der Waals surface area contributed by atoms with Crippen molar-refractivity contribution in [2.24, 2.45) is 0 Å². The van der Waals surface area contributed by atoms with Crippen LogP contribution < -0.4 is 0 Å². The molecule has 0 N–H and O–H groups in total. The van der Waals surface area contributed by atoms with E-state index in [4.69, 9.17) is 16.9 Å². The molecule has 0 unspecified atom stereocenters. The fourth-order valence-corrected chi connectivity index (χ4v) is 0.950. The number of nitriles is 1. The third-order valence-electron chi connectivity index (χ3n) is 1.28. The predicted molar refractivity (Wildman–Crippen MR) is 38.9 cm³/mol. The van der Waals surface area contributed by atoms with Gasteiger partial charge in [-0.15, -0.1) is 0 Å². The van der Waals surface area contributed by atoms with Gasteiger partial charge in [-0.2, -0.15) is 5.26 Å². The van der Waals surface area contributed by atoms with Crippen molar-refractivity contribution in [1.82, 2.24) is 4.98 Å². The van der Waals surface area contributed by atoms with Crippen molar-refractivity contribution in [3.05, 3.63) is 28.5 Å². The van der Waals surface area contributed by atoms with Crippen LogP contribution in [0.2, 0.25) is 5.15 Å². The number of nitrogens with zero attached hydrogens (tertiary/aromatic N) is 2. The van der Waals surface area contributed by atoms with Gasteiger partial charge in [-0.05, 0) is 6.07 Å². The summed E-state index contributed by atoms with van der Waals surface area (Å²) in [5, 5.41) is 8.26. The van der Waals surface area contributed by atoms with Gasteiger partial charge in [-0.1, -0.05) is 11.6 Å². The molecule has 0 radical (unpaired) electrons. The van der Waals surface area contributed by atoms with Crippen LogP contribution in [-0.4, -0.2) is 4.98 Å². The van der Waals surface area contributed by atoms with Crippen LogP contribution in [0.15, 0.2) is 12.3 Å². The van der Waals surface area contributed by atoms with Gasteiger partial charge in [0, 0.05) is 11.8 Å². The topological polar surface area (TPSA) is 36.7 Å². The van der Waals surface area contributed by atoms with E-state index in [0.29, 0.717) is 0 Å². The number of alkyl halides is 2. The lowest BCUT2D eigenvalue weighted by molar-refractivity contribution is 0.151. The molecule has 0 atom stereocenters. The van der Waals surface area contributed by atoms with Crippen LogP contribution in [0.5, 0.6) is 0 Å². The molecule has 0 aliphatic carbocycles. The molecule has 0 aromatic carbocycles. The summed E-state index contributed by atoms with van der Waals surface area (Å²) in [4.78, 5) is 3.50. The first-order valence-corrected chi connectivity index (χ1v) is 3.37. The van der Waals surface area contributed by atoms with Crippen molar-refractivity contribution in [2.45, 2.75) is 6.43 Å². The molecule has 0 spiro atoms. The lowest BCUT2D eigenvalue weighted by atomic mass is 10.2. The Labute approximate surface area is 72.4 Å². The molecule has 0 aliphatic rings. The quantitative estimate of drug-likeness (QED) is 0.635. The summed E-state index contributed by atoms with van der Waals surface area (Å²) >= 11 is 5.41. The van der Waals surface area contributed by atoms with Gasteiger partial charge in [0.2, 0.25) is 0 Å². The Morgan fingerprint density at radius 1 is 1.58 bits per heavy atom. The van der Waals surface area contributed by atoms with Crippen LogP contribution in [-0.2, 0) is 0 Å². The first kappa shape index (κ1) is 8.88. The Morgan fingerprint density at radius 3 is 2.67 bits per heavy atom. The third kappa shape index (κ3) is 1.51. The third-order valence-corrected chi connectivity index (χ3v) is 1.57. The molecule has 1 aromatic heterocycles. The van der Waals surface area contributed by atoms with Gasteiger partial charge in [-0.3, -0.25) is 0 Å². The molecular weight excluding hydrogens is 186 g/mol. The lowest BCUT2D eigenvalue weighted by Crippen LogP contribution is -1.92. The standard InChI is InChI=1S/C7H3ClF2N2/c8-6-5(3-11)4(7(9)10)1-2-12-6/h1-2,7H. The fraction of sp³-hybridized carbons (Fsp3) is 0.143. The van der Waals surface area contributed by atoms with E-state index in [1.54, 1.807) is 6.07 Å². The maximum Gasteiger partial charge on any atom is 0.265 e. The van der Waals surface area contributed by atoms with E-state index in [0.717, 1.165) is 12.3 Å². The molecule has 1 aromatic rings. The SMILES string of the molecule is N#Cc1c(C(F)F)ccnc1Cl. The highest BCUT2D eigenvalue weighted by atomic mass is 35.5. The number of rotatable bonds is 1. The van der Waals surface area contributed by atoms with E-state index in [9.17, 15) is 8.78 Å². The normalized spacial score (nSPS) is 9.92. The van der Waals surface area contributed by atoms with Crippen molar-refractivity contribution < 1.29 is 8.78 Å². The fourth-order valence-electron chi connectivity index (χ4n) is 0.743. The van der Waals surface area contributed by atoms with Crippen LogP contribution in [0.4, 0.5) is 8.78 Å². The molecule has 5 heteroatoms. The first-order valence-electron chi connectivity index (χ1n) is 2.99. The highest BCUT2D eigenvalue weighted by Gasteiger charge is 2.15. The Hall–Kier alpha value is -1.21. The number of hydrogen-bond acceptors (Lipinski definition) is 2. The monoisotopic (exact) mass is 188 g/mol. The molecule has 0 saturated heterocycles. The van der Waals surface area contributed by atoms with E-state index in [-0.39, 0.29) is 16.3 Å². The number of aromatic nitrogens is 1. The molecule has 12 heavy (non-hydrogen) atoms. The molecule has 1 heterocycles. The number of halogens is 3. The summed E-state index contributed by atoms with van der Waals surface area (Å²) in [6, 6.07) is 2.65. The number of pyridine rings is 1. The van der Waals surface area contributed by atoms with Gasteiger partial charge in [0.1, 0.15) is 11.2 Å². The Morgan fingerprint density at radius 2 is 2.25 bits per heavy atom. The second-order valence-corrected chi connectivity index (χ2v) is 2.34. The molecule has 0 aliphatic heterocycles. The highest BCUT2D eigenvalue weighted by molar-refractivity contribution is 6.30. The van der Waals surface area contributed by atoms with Crippen molar-refractivity contribution in [3.63, 3.8) is 0 Å². The largest absolute Gasteiger partial charge is 0.265 e. The molecule has 1 rings (SSSR count). The van der Waals surface area contributed by atoms with Gasteiger partial charge in [0.15, 0.2) is 0 Å². The van der Waals surface area contributed by atoms with Gasteiger partial charge in [0.25, 0.3) is 6.43 Å². The second kappa shape index (κ2) is 3.46. The number of hydrogen-bond donors (Lipinski definition) is 0. The molecule has 0 fully saturated rings. The second-order valence-electron chi connectivity index (χ2n) is 1.98. The van der Waals surface area contributed by atoms with Gasteiger partial charge in [0.05, 0.1) is 5.56 Å². The minimum Gasteiger partial charge on any atom is -0.243 e. The van der Waals surface area contributed by atoms with Gasteiger partial charge < -0.3 is 0 Å². The smallest absolute Gasteiger partial charge is 0.243 e. The summed E-state index contributed by atoms with van der Waals surface area (Å²) in [5.74, 6) is 0. The van der Waals surface area contributed by atoms with Crippen LogP contribution in [0.3, 0.4) is 0 Å².